The van der Waals surface area contributed by atoms with Gasteiger partial charge in [-0.25, -0.2) is 0 Å². The molecule has 3 fully saturated rings. The van der Waals surface area contributed by atoms with E-state index in [1.54, 1.807) is 0 Å². The Balaban J connectivity index is 1.79. The van der Waals surface area contributed by atoms with Crippen LogP contribution in [-0.4, -0.2) is 34.4 Å². The summed E-state index contributed by atoms with van der Waals surface area (Å²) in [6, 6.07) is 10.1. The maximum atomic E-state index is 12.0. The summed E-state index contributed by atoms with van der Waals surface area (Å²) in [6.45, 7) is 14.1. The van der Waals surface area contributed by atoms with Gasteiger partial charge in [-0.1, -0.05) is 55.8 Å². The topological polar surface area (TPSA) is 32.7 Å². The van der Waals surface area contributed by atoms with Crippen LogP contribution in [0.25, 0.3) is 0 Å². The third-order valence-corrected chi connectivity index (χ3v) is 7.41. The van der Waals surface area contributed by atoms with Crippen LogP contribution in [-0.2, 0) is 10.3 Å². The highest BCUT2D eigenvalue weighted by Crippen LogP contribution is 2.55. The molecular weight excluding hydrogens is 322 g/mol. The van der Waals surface area contributed by atoms with Crippen molar-refractivity contribution in [1.82, 2.24) is 4.90 Å². The van der Waals surface area contributed by atoms with Crippen LogP contribution in [0.15, 0.2) is 42.5 Å². The van der Waals surface area contributed by atoms with Crippen molar-refractivity contribution in [3.05, 3.63) is 48.0 Å². The molecule has 0 aromatic heterocycles. The van der Waals surface area contributed by atoms with Crippen LogP contribution in [0.5, 0.6) is 0 Å². The minimum atomic E-state index is -1.05. The highest BCUT2D eigenvalue weighted by Gasteiger charge is 2.63. The van der Waals surface area contributed by atoms with E-state index in [4.69, 9.17) is 4.74 Å². The molecule has 0 amide bonds. The highest BCUT2D eigenvalue weighted by atomic mass is 16.5. The van der Waals surface area contributed by atoms with E-state index in [0.717, 1.165) is 24.1 Å². The summed E-state index contributed by atoms with van der Waals surface area (Å²) >= 11 is 0. The van der Waals surface area contributed by atoms with Gasteiger partial charge < -0.3 is 9.84 Å². The molecule has 3 aliphatic rings. The molecule has 1 aromatic rings. The van der Waals surface area contributed by atoms with Gasteiger partial charge in [0.1, 0.15) is 11.8 Å². The van der Waals surface area contributed by atoms with Gasteiger partial charge in [0.25, 0.3) is 0 Å². The molecule has 0 radical (unpaired) electrons. The molecule has 0 bridgehead atoms. The summed E-state index contributed by atoms with van der Waals surface area (Å²) in [5.41, 5.74) is 0.941. The van der Waals surface area contributed by atoms with Gasteiger partial charge in [0.2, 0.25) is 0 Å². The molecule has 4 rings (SSSR count). The number of ether oxygens (including phenoxy) is 1. The molecule has 3 nitrogen and oxygen atoms in total. The number of hydrogen-bond donors (Lipinski definition) is 1. The molecular formula is C23H33NO2. The minimum absolute atomic E-state index is 0.0146. The van der Waals surface area contributed by atoms with Gasteiger partial charge in [-0.3, -0.25) is 4.90 Å². The molecule has 6 atom stereocenters. The van der Waals surface area contributed by atoms with E-state index >= 15 is 0 Å². The summed E-state index contributed by atoms with van der Waals surface area (Å²) in [5, 5.41) is 12.0. The van der Waals surface area contributed by atoms with Crippen molar-refractivity contribution in [3.63, 3.8) is 0 Å². The molecule has 142 valence electrons. The van der Waals surface area contributed by atoms with Gasteiger partial charge in [0.05, 0.1) is 6.10 Å². The average molecular weight is 356 g/mol. The second-order valence-corrected chi connectivity index (χ2v) is 9.45. The standard InChI is InChI=1S/C23H33NO2/c1-15(2)19-14-24-21(23(19,25)17-9-7-6-8-10-17)26-20-13-16(3)11-12-18(20)22(24,4)5/h6-10,16,18-21,25H,1,11-14H2,2-5H3/t16-,18?,19+,20?,21+,23-/m1/s1. The third-order valence-electron chi connectivity index (χ3n) is 7.41. The van der Waals surface area contributed by atoms with Gasteiger partial charge >= 0.3 is 0 Å². The predicted molar refractivity (Wildman–Crippen MR) is 105 cm³/mol. The first-order valence-electron chi connectivity index (χ1n) is 10.1. The van der Waals surface area contributed by atoms with Gasteiger partial charge in [0, 0.05) is 23.9 Å². The lowest BCUT2D eigenvalue weighted by Gasteiger charge is -2.56. The maximum absolute atomic E-state index is 12.0. The van der Waals surface area contributed by atoms with E-state index in [1.165, 1.54) is 12.8 Å². The van der Waals surface area contributed by atoms with Gasteiger partial charge in [-0.05, 0) is 45.1 Å². The molecule has 2 saturated heterocycles. The zero-order chi connectivity index (χ0) is 18.7. The largest absolute Gasteiger partial charge is 0.380 e. The van der Waals surface area contributed by atoms with Crippen molar-refractivity contribution in [2.24, 2.45) is 17.8 Å². The van der Waals surface area contributed by atoms with Crippen LogP contribution < -0.4 is 0 Å². The van der Waals surface area contributed by atoms with Gasteiger partial charge in [-0.15, -0.1) is 0 Å². The van der Waals surface area contributed by atoms with Crippen LogP contribution in [0, 0.1) is 17.8 Å². The number of fused-ring (bicyclic) bond motifs is 2. The van der Waals surface area contributed by atoms with E-state index in [9.17, 15) is 5.11 Å². The molecule has 3 heteroatoms. The fraction of sp³-hybridized carbons (Fsp3) is 0.652. The van der Waals surface area contributed by atoms with Crippen LogP contribution in [0.3, 0.4) is 0 Å². The Bertz CT molecular complexity index is 685. The Morgan fingerprint density at radius 3 is 2.58 bits per heavy atom. The second-order valence-electron chi connectivity index (χ2n) is 9.45. The summed E-state index contributed by atoms with van der Waals surface area (Å²) < 4.78 is 6.71. The molecule has 1 aromatic carbocycles. The van der Waals surface area contributed by atoms with Crippen LogP contribution in [0.1, 0.15) is 52.5 Å². The highest BCUT2D eigenvalue weighted by molar-refractivity contribution is 5.32. The molecule has 0 spiro atoms. The monoisotopic (exact) mass is 355 g/mol. The SMILES string of the molecule is C=C(C)[C@@H]1CN2[C@@H](OC3C[C@H](C)CCC3C2(C)C)[C@@]1(O)c1ccccc1. The Morgan fingerprint density at radius 2 is 1.92 bits per heavy atom. The molecule has 2 aliphatic heterocycles. The van der Waals surface area contributed by atoms with Crippen molar-refractivity contribution in [1.29, 1.82) is 0 Å². The zero-order valence-corrected chi connectivity index (χ0v) is 16.6. The summed E-state index contributed by atoms with van der Waals surface area (Å²) in [5.74, 6) is 1.20. The van der Waals surface area contributed by atoms with E-state index in [1.807, 2.05) is 37.3 Å². The number of hydrogen-bond acceptors (Lipinski definition) is 3. The number of aliphatic hydroxyl groups is 1. The summed E-state index contributed by atoms with van der Waals surface area (Å²) in [7, 11) is 0. The van der Waals surface area contributed by atoms with E-state index in [-0.39, 0.29) is 23.8 Å². The van der Waals surface area contributed by atoms with Crippen molar-refractivity contribution in [2.45, 2.75) is 70.4 Å². The summed E-state index contributed by atoms with van der Waals surface area (Å²) in [4.78, 5) is 2.43. The molecule has 1 saturated carbocycles. The van der Waals surface area contributed by atoms with Crippen LogP contribution >= 0.6 is 0 Å². The van der Waals surface area contributed by atoms with Crippen molar-refractivity contribution in [2.75, 3.05) is 6.54 Å². The van der Waals surface area contributed by atoms with Crippen molar-refractivity contribution < 1.29 is 9.84 Å². The number of nitrogens with zero attached hydrogens (tertiary/aromatic N) is 1. The number of benzene rings is 1. The molecule has 1 N–H and O–H groups in total. The van der Waals surface area contributed by atoms with Gasteiger partial charge in [0.15, 0.2) is 0 Å². The van der Waals surface area contributed by atoms with E-state index < -0.39 is 5.60 Å². The predicted octanol–water partition coefficient (Wildman–Crippen LogP) is 4.32. The Kier molecular flexibility index (Phi) is 4.33. The number of rotatable bonds is 2. The van der Waals surface area contributed by atoms with Gasteiger partial charge in [-0.2, -0.15) is 0 Å². The first-order chi connectivity index (χ1) is 12.3. The fourth-order valence-electron chi connectivity index (χ4n) is 5.80. The fourth-order valence-corrected chi connectivity index (χ4v) is 5.80. The van der Waals surface area contributed by atoms with E-state index in [0.29, 0.717) is 11.8 Å². The average Bonchev–Trinajstić information content (AvgIpc) is 2.91. The molecule has 2 heterocycles. The van der Waals surface area contributed by atoms with Crippen LogP contribution in [0.2, 0.25) is 0 Å². The molecule has 2 unspecified atom stereocenters. The Labute approximate surface area is 158 Å². The lowest BCUT2D eigenvalue weighted by Crippen LogP contribution is -2.65. The molecule has 1 aliphatic carbocycles. The lowest BCUT2D eigenvalue weighted by molar-refractivity contribution is -0.263. The lowest BCUT2D eigenvalue weighted by atomic mass is 9.69. The third kappa shape index (κ3) is 2.51. The minimum Gasteiger partial charge on any atom is -0.380 e. The van der Waals surface area contributed by atoms with Crippen molar-refractivity contribution in [3.8, 4) is 0 Å². The first-order valence-corrected chi connectivity index (χ1v) is 10.1. The van der Waals surface area contributed by atoms with Crippen LogP contribution in [0.4, 0.5) is 0 Å². The Morgan fingerprint density at radius 1 is 1.23 bits per heavy atom. The quantitative estimate of drug-likeness (QED) is 0.802. The zero-order valence-electron chi connectivity index (χ0n) is 16.6. The normalized spacial score (nSPS) is 42.1. The first kappa shape index (κ1) is 18.2. The molecule has 26 heavy (non-hydrogen) atoms. The Hall–Kier alpha value is -1.16. The smallest absolute Gasteiger partial charge is 0.145 e. The van der Waals surface area contributed by atoms with Crippen molar-refractivity contribution >= 4 is 0 Å². The summed E-state index contributed by atoms with van der Waals surface area (Å²) in [6.07, 6.45) is 3.51. The van der Waals surface area contributed by atoms with E-state index in [2.05, 4.69) is 32.3 Å². The maximum Gasteiger partial charge on any atom is 0.145 e. The second kappa shape index (κ2) is 6.19.